The van der Waals surface area contributed by atoms with E-state index in [0.717, 1.165) is 20.9 Å². The third-order valence-electron chi connectivity index (χ3n) is 3.29. The number of fused-ring (bicyclic) bond motifs is 1. The Morgan fingerprint density at radius 1 is 1.24 bits per heavy atom. The van der Waals surface area contributed by atoms with Crippen molar-refractivity contribution in [3.8, 4) is 0 Å². The number of aromatic nitrogens is 1. The highest BCUT2D eigenvalue weighted by Gasteiger charge is 2.11. The van der Waals surface area contributed by atoms with Gasteiger partial charge in [-0.1, -0.05) is 28.1 Å². The van der Waals surface area contributed by atoms with E-state index in [1.54, 1.807) is 12.3 Å². The third-order valence-corrected chi connectivity index (χ3v) is 3.79. The van der Waals surface area contributed by atoms with E-state index in [1.165, 1.54) is 0 Å². The molecule has 0 bridgehead atoms. The molecule has 2 aromatic carbocycles. The Morgan fingerprint density at radius 3 is 2.90 bits per heavy atom. The fourth-order valence-electron chi connectivity index (χ4n) is 2.26. The normalized spacial score (nSPS) is 10.7. The summed E-state index contributed by atoms with van der Waals surface area (Å²) in [7, 11) is 0. The minimum atomic E-state index is -0.106. The Bertz CT molecular complexity index is 810. The molecule has 0 fully saturated rings. The number of benzene rings is 2. The summed E-state index contributed by atoms with van der Waals surface area (Å²) >= 11 is 3.42. The Morgan fingerprint density at radius 2 is 2.10 bits per heavy atom. The van der Waals surface area contributed by atoms with Gasteiger partial charge in [0.25, 0.3) is 5.91 Å². The molecule has 3 rings (SSSR count). The molecule has 5 heteroatoms. The number of halogens is 1. The fourth-order valence-corrected chi connectivity index (χ4v) is 2.70. The van der Waals surface area contributed by atoms with Crippen molar-refractivity contribution in [2.24, 2.45) is 0 Å². The van der Waals surface area contributed by atoms with E-state index in [-0.39, 0.29) is 5.91 Å². The van der Waals surface area contributed by atoms with Gasteiger partial charge in [0.1, 0.15) is 0 Å². The number of carbonyl (C=O) groups is 1. The van der Waals surface area contributed by atoms with E-state index in [0.29, 0.717) is 17.8 Å². The molecule has 3 aromatic rings. The van der Waals surface area contributed by atoms with Gasteiger partial charge in [-0.05, 0) is 35.9 Å². The molecule has 0 aliphatic rings. The van der Waals surface area contributed by atoms with Crippen LogP contribution in [-0.2, 0) is 6.54 Å². The minimum absolute atomic E-state index is 0.106. The first-order valence-electron chi connectivity index (χ1n) is 6.53. The number of carbonyl (C=O) groups excluding carboxylic acids is 1. The molecule has 1 aromatic heterocycles. The van der Waals surface area contributed by atoms with Gasteiger partial charge in [-0.25, -0.2) is 0 Å². The molecule has 1 heterocycles. The van der Waals surface area contributed by atoms with Crippen LogP contribution in [-0.4, -0.2) is 10.9 Å². The molecule has 0 aliphatic carbocycles. The lowest BCUT2D eigenvalue weighted by Gasteiger charge is -2.05. The van der Waals surface area contributed by atoms with E-state index >= 15 is 0 Å². The van der Waals surface area contributed by atoms with Crippen LogP contribution in [0.2, 0.25) is 0 Å². The predicted octanol–water partition coefficient (Wildman–Crippen LogP) is 3.44. The Kier molecular flexibility index (Phi) is 3.66. The van der Waals surface area contributed by atoms with Crippen molar-refractivity contribution < 1.29 is 4.79 Å². The largest absolute Gasteiger partial charge is 0.399 e. The molecule has 0 spiro atoms. The molecular formula is C16H14BrN3O. The van der Waals surface area contributed by atoms with Crippen LogP contribution in [0.15, 0.2) is 53.1 Å². The summed E-state index contributed by atoms with van der Waals surface area (Å²) in [6.07, 6.45) is 1.71. The molecule has 0 radical (unpaired) electrons. The van der Waals surface area contributed by atoms with E-state index in [4.69, 9.17) is 5.73 Å². The van der Waals surface area contributed by atoms with Crippen molar-refractivity contribution in [3.63, 3.8) is 0 Å². The zero-order chi connectivity index (χ0) is 14.8. The van der Waals surface area contributed by atoms with Gasteiger partial charge in [-0.3, -0.25) is 4.79 Å². The van der Waals surface area contributed by atoms with Crippen LogP contribution in [0.5, 0.6) is 0 Å². The lowest BCUT2D eigenvalue weighted by molar-refractivity contribution is 0.0952. The number of anilines is 1. The van der Waals surface area contributed by atoms with E-state index in [1.807, 2.05) is 36.4 Å². The summed E-state index contributed by atoms with van der Waals surface area (Å²) in [6, 6.07) is 13.3. The molecule has 4 nitrogen and oxygen atoms in total. The van der Waals surface area contributed by atoms with Crippen LogP contribution in [0.4, 0.5) is 5.69 Å². The molecule has 1 amide bonds. The maximum Gasteiger partial charge on any atom is 0.253 e. The standard InChI is InChI=1S/C16H14BrN3O/c17-11-3-1-2-10(6-11)8-20-16(21)14-9-19-15-7-12(18)4-5-13(14)15/h1-7,9,19H,8,18H2,(H,20,21). The lowest BCUT2D eigenvalue weighted by Crippen LogP contribution is -2.22. The van der Waals surface area contributed by atoms with Gasteiger partial charge in [0.05, 0.1) is 5.56 Å². The number of aromatic amines is 1. The summed E-state index contributed by atoms with van der Waals surface area (Å²) in [5, 5.41) is 3.80. The zero-order valence-corrected chi connectivity index (χ0v) is 12.8. The van der Waals surface area contributed by atoms with E-state index in [9.17, 15) is 4.79 Å². The van der Waals surface area contributed by atoms with Crippen molar-refractivity contribution in [1.82, 2.24) is 10.3 Å². The second-order valence-electron chi connectivity index (χ2n) is 4.82. The topological polar surface area (TPSA) is 70.9 Å². The fraction of sp³-hybridized carbons (Fsp3) is 0.0625. The van der Waals surface area contributed by atoms with Crippen LogP contribution < -0.4 is 11.1 Å². The van der Waals surface area contributed by atoms with Crippen molar-refractivity contribution in [3.05, 3.63) is 64.3 Å². The Hall–Kier alpha value is -2.27. The quantitative estimate of drug-likeness (QED) is 0.637. The lowest BCUT2D eigenvalue weighted by atomic mass is 10.1. The monoisotopic (exact) mass is 343 g/mol. The van der Waals surface area contributed by atoms with Gasteiger partial charge < -0.3 is 16.0 Å². The third kappa shape index (κ3) is 2.92. The zero-order valence-electron chi connectivity index (χ0n) is 11.2. The number of amides is 1. The second-order valence-corrected chi connectivity index (χ2v) is 5.74. The highest BCUT2D eigenvalue weighted by atomic mass is 79.9. The van der Waals surface area contributed by atoms with Gasteiger partial charge in [-0.2, -0.15) is 0 Å². The Balaban J connectivity index is 1.78. The predicted molar refractivity (Wildman–Crippen MR) is 88.0 cm³/mol. The molecule has 0 saturated heterocycles. The molecule has 106 valence electrons. The molecule has 21 heavy (non-hydrogen) atoms. The van der Waals surface area contributed by atoms with E-state index < -0.39 is 0 Å². The Labute approximate surface area is 130 Å². The highest BCUT2D eigenvalue weighted by Crippen LogP contribution is 2.20. The number of hydrogen-bond donors (Lipinski definition) is 3. The number of nitrogen functional groups attached to an aromatic ring is 1. The first kappa shape index (κ1) is 13.7. The van der Waals surface area contributed by atoms with Gasteiger partial charge >= 0.3 is 0 Å². The molecule has 0 unspecified atom stereocenters. The summed E-state index contributed by atoms with van der Waals surface area (Å²) in [5.41, 5.74) is 8.94. The first-order chi connectivity index (χ1) is 10.1. The van der Waals surface area contributed by atoms with Crippen molar-refractivity contribution in [1.29, 1.82) is 0 Å². The van der Waals surface area contributed by atoms with Gasteiger partial charge in [0, 0.05) is 33.8 Å². The van der Waals surface area contributed by atoms with Crippen LogP contribution in [0.1, 0.15) is 15.9 Å². The smallest absolute Gasteiger partial charge is 0.253 e. The van der Waals surface area contributed by atoms with E-state index in [2.05, 4.69) is 26.2 Å². The molecule has 0 saturated carbocycles. The summed E-state index contributed by atoms with van der Waals surface area (Å²) in [4.78, 5) is 15.4. The van der Waals surface area contributed by atoms with Crippen LogP contribution in [0.25, 0.3) is 10.9 Å². The molecule has 4 N–H and O–H groups in total. The number of hydrogen-bond acceptors (Lipinski definition) is 2. The average Bonchev–Trinajstić information content (AvgIpc) is 2.88. The van der Waals surface area contributed by atoms with Crippen molar-refractivity contribution >= 4 is 38.4 Å². The van der Waals surface area contributed by atoms with Crippen molar-refractivity contribution in [2.75, 3.05) is 5.73 Å². The molecule has 0 atom stereocenters. The molecular weight excluding hydrogens is 330 g/mol. The maximum atomic E-state index is 12.3. The molecule has 0 aliphatic heterocycles. The van der Waals surface area contributed by atoms with Crippen LogP contribution >= 0.6 is 15.9 Å². The SMILES string of the molecule is Nc1ccc2c(C(=O)NCc3cccc(Br)c3)c[nH]c2c1. The maximum absolute atomic E-state index is 12.3. The van der Waals surface area contributed by atoms with Gasteiger partial charge in [-0.15, -0.1) is 0 Å². The first-order valence-corrected chi connectivity index (χ1v) is 7.32. The van der Waals surface area contributed by atoms with Gasteiger partial charge in [0.15, 0.2) is 0 Å². The summed E-state index contributed by atoms with van der Waals surface area (Å²) in [5.74, 6) is -0.106. The average molecular weight is 344 g/mol. The number of nitrogens with one attached hydrogen (secondary N) is 2. The van der Waals surface area contributed by atoms with Crippen LogP contribution in [0, 0.1) is 0 Å². The number of nitrogens with two attached hydrogens (primary N) is 1. The number of H-pyrrole nitrogens is 1. The second kappa shape index (κ2) is 5.61. The minimum Gasteiger partial charge on any atom is -0.399 e. The summed E-state index contributed by atoms with van der Waals surface area (Å²) in [6.45, 7) is 0.486. The van der Waals surface area contributed by atoms with Crippen LogP contribution in [0.3, 0.4) is 0 Å². The van der Waals surface area contributed by atoms with Gasteiger partial charge in [0.2, 0.25) is 0 Å². The number of rotatable bonds is 3. The highest BCUT2D eigenvalue weighted by molar-refractivity contribution is 9.10. The van der Waals surface area contributed by atoms with Crippen molar-refractivity contribution in [2.45, 2.75) is 6.54 Å². The summed E-state index contributed by atoms with van der Waals surface area (Å²) < 4.78 is 0.997.